The van der Waals surface area contributed by atoms with Crippen molar-refractivity contribution < 1.29 is 4.79 Å². The lowest BCUT2D eigenvalue weighted by molar-refractivity contribution is 0.0892. The average Bonchev–Trinajstić information content (AvgIpc) is 3.10. The minimum atomic E-state index is 0.00197. The molecule has 0 aromatic carbocycles. The molecule has 0 radical (unpaired) electrons. The van der Waals surface area contributed by atoms with Crippen LogP contribution in [0.2, 0.25) is 0 Å². The summed E-state index contributed by atoms with van der Waals surface area (Å²) in [4.78, 5) is 21.2. The molecule has 1 aromatic heterocycles. The van der Waals surface area contributed by atoms with E-state index in [0.717, 1.165) is 37.8 Å². The number of rotatable bonds is 4. The first-order valence-electron chi connectivity index (χ1n) is 8.82. The average molecular weight is 316 g/mol. The monoisotopic (exact) mass is 316 g/mol. The topological polar surface area (TPSA) is 48.5 Å². The van der Waals surface area contributed by atoms with Crippen molar-refractivity contribution in [1.29, 1.82) is 0 Å². The third-order valence-corrected chi connectivity index (χ3v) is 5.17. The van der Waals surface area contributed by atoms with Gasteiger partial charge in [0, 0.05) is 45.5 Å². The smallest absolute Gasteiger partial charge is 0.253 e. The van der Waals surface area contributed by atoms with Crippen LogP contribution in [0.15, 0.2) is 18.3 Å². The zero-order chi connectivity index (χ0) is 16.2. The second kappa shape index (κ2) is 7.30. The minimum absolute atomic E-state index is 0.00197. The molecule has 2 heterocycles. The molecule has 3 rings (SSSR count). The number of nitrogens with zero attached hydrogens (tertiary/aromatic N) is 3. The summed E-state index contributed by atoms with van der Waals surface area (Å²) in [6, 6.07) is 4.84. The van der Waals surface area contributed by atoms with E-state index in [1.165, 1.54) is 25.7 Å². The van der Waals surface area contributed by atoms with E-state index >= 15 is 0 Å². The normalized spacial score (nSPS) is 20.6. The molecule has 2 aliphatic rings. The highest BCUT2D eigenvalue weighted by Gasteiger charge is 2.27. The third kappa shape index (κ3) is 4.02. The largest absolute Gasteiger partial charge is 0.363 e. The Bertz CT molecular complexity index is 514. The van der Waals surface area contributed by atoms with Gasteiger partial charge in [-0.3, -0.25) is 4.79 Å². The molecule has 1 N–H and O–H groups in total. The summed E-state index contributed by atoms with van der Waals surface area (Å²) in [5.41, 5.74) is 0.647. The van der Waals surface area contributed by atoms with Crippen molar-refractivity contribution in [3.8, 4) is 0 Å². The molecule has 1 aliphatic heterocycles. The molecule has 1 saturated carbocycles. The first-order chi connectivity index (χ1) is 11.1. The van der Waals surface area contributed by atoms with Crippen molar-refractivity contribution in [1.82, 2.24) is 15.2 Å². The van der Waals surface area contributed by atoms with Crippen molar-refractivity contribution in [2.24, 2.45) is 0 Å². The lowest BCUT2D eigenvalue weighted by atomic mass is 10.0. The summed E-state index contributed by atoms with van der Waals surface area (Å²) < 4.78 is 0. The van der Waals surface area contributed by atoms with Gasteiger partial charge in [0.25, 0.3) is 5.91 Å². The Kier molecular flexibility index (Phi) is 5.16. The molecule has 1 saturated heterocycles. The number of amides is 1. The summed E-state index contributed by atoms with van der Waals surface area (Å²) in [7, 11) is 3.89. The van der Waals surface area contributed by atoms with Gasteiger partial charge in [0.1, 0.15) is 5.82 Å². The van der Waals surface area contributed by atoms with Crippen LogP contribution >= 0.6 is 0 Å². The number of aromatic nitrogens is 1. The highest BCUT2D eigenvalue weighted by atomic mass is 16.1. The van der Waals surface area contributed by atoms with E-state index in [1.807, 2.05) is 31.1 Å². The molecule has 0 bridgehead atoms. The Hall–Kier alpha value is -1.62. The van der Waals surface area contributed by atoms with E-state index in [0.29, 0.717) is 11.6 Å². The number of nitrogens with one attached hydrogen (secondary N) is 1. The molecule has 1 aromatic rings. The van der Waals surface area contributed by atoms with E-state index in [1.54, 1.807) is 6.20 Å². The first kappa shape index (κ1) is 16.2. The maximum atomic E-state index is 12.4. The molecule has 0 spiro atoms. The molecule has 126 valence electrons. The number of carbonyl (C=O) groups is 1. The molecule has 2 fully saturated rings. The Labute approximate surface area is 139 Å². The molecular formula is C18H28N4O. The van der Waals surface area contributed by atoms with Crippen LogP contribution in [0.25, 0.3) is 0 Å². The standard InChI is InChI=1S/C18H28N4O/c1-21(2)17-8-7-14(13-19-17)18(23)20-15-9-11-22(12-10-15)16-5-3-4-6-16/h7-8,13,15-16H,3-6,9-12H2,1-2H3,(H,20,23). The molecule has 0 atom stereocenters. The van der Waals surface area contributed by atoms with Gasteiger partial charge in [-0.15, -0.1) is 0 Å². The van der Waals surface area contributed by atoms with E-state index in [2.05, 4.69) is 15.2 Å². The van der Waals surface area contributed by atoms with Gasteiger partial charge in [-0.05, 0) is 37.8 Å². The number of likely N-dealkylation sites (tertiary alicyclic amines) is 1. The van der Waals surface area contributed by atoms with E-state index in [-0.39, 0.29) is 5.91 Å². The fraction of sp³-hybridized carbons (Fsp3) is 0.667. The van der Waals surface area contributed by atoms with Gasteiger partial charge in [0.15, 0.2) is 0 Å². The molecule has 1 aliphatic carbocycles. The zero-order valence-corrected chi connectivity index (χ0v) is 14.3. The highest BCUT2D eigenvalue weighted by Crippen LogP contribution is 2.26. The lowest BCUT2D eigenvalue weighted by Crippen LogP contribution is -2.47. The van der Waals surface area contributed by atoms with Crippen LogP contribution in [-0.4, -0.2) is 55.1 Å². The minimum Gasteiger partial charge on any atom is -0.363 e. The van der Waals surface area contributed by atoms with Crippen LogP contribution in [0.1, 0.15) is 48.9 Å². The fourth-order valence-electron chi connectivity index (χ4n) is 3.73. The predicted octanol–water partition coefficient (Wildman–Crippen LogP) is 2.28. The van der Waals surface area contributed by atoms with Crippen molar-refractivity contribution in [2.75, 3.05) is 32.1 Å². The Morgan fingerprint density at radius 2 is 1.87 bits per heavy atom. The van der Waals surface area contributed by atoms with Gasteiger partial charge in [-0.2, -0.15) is 0 Å². The summed E-state index contributed by atoms with van der Waals surface area (Å²) in [5.74, 6) is 0.869. The summed E-state index contributed by atoms with van der Waals surface area (Å²) >= 11 is 0. The quantitative estimate of drug-likeness (QED) is 0.926. The Morgan fingerprint density at radius 3 is 2.43 bits per heavy atom. The van der Waals surface area contributed by atoms with E-state index in [4.69, 9.17) is 0 Å². The number of anilines is 1. The lowest BCUT2D eigenvalue weighted by Gasteiger charge is -2.36. The summed E-state index contributed by atoms with van der Waals surface area (Å²) in [5, 5.41) is 3.18. The Morgan fingerprint density at radius 1 is 1.17 bits per heavy atom. The van der Waals surface area contributed by atoms with E-state index in [9.17, 15) is 4.79 Å². The van der Waals surface area contributed by atoms with Gasteiger partial charge in [-0.1, -0.05) is 12.8 Å². The molecule has 1 amide bonds. The van der Waals surface area contributed by atoms with Crippen LogP contribution in [0.5, 0.6) is 0 Å². The van der Waals surface area contributed by atoms with Crippen molar-refractivity contribution in [3.05, 3.63) is 23.9 Å². The SMILES string of the molecule is CN(C)c1ccc(C(=O)NC2CCN(C3CCCC3)CC2)cn1. The molecule has 5 nitrogen and oxygen atoms in total. The first-order valence-corrected chi connectivity index (χ1v) is 8.82. The van der Waals surface area contributed by atoms with Crippen LogP contribution < -0.4 is 10.2 Å². The maximum absolute atomic E-state index is 12.4. The molecule has 0 unspecified atom stereocenters. The predicted molar refractivity (Wildman–Crippen MR) is 92.9 cm³/mol. The summed E-state index contributed by atoms with van der Waals surface area (Å²) in [6.45, 7) is 2.24. The van der Waals surface area contributed by atoms with Crippen LogP contribution in [0.3, 0.4) is 0 Å². The highest BCUT2D eigenvalue weighted by molar-refractivity contribution is 5.94. The second-order valence-electron chi connectivity index (χ2n) is 7.02. The van der Waals surface area contributed by atoms with Crippen LogP contribution in [0.4, 0.5) is 5.82 Å². The maximum Gasteiger partial charge on any atom is 0.253 e. The molecular weight excluding hydrogens is 288 g/mol. The van der Waals surface area contributed by atoms with Crippen molar-refractivity contribution in [3.63, 3.8) is 0 Å². The number of hydrogen-bond donors (Lipinski definition) is 1. The number of pyridine rings is 1. The van der Waals surface area contributed by atoms with Crippen molar-refractivity contribution in [2.45, 2.75) is 50.6 Å². The van der Waals surface area contributed by atoms with Gasteiger partial charge in [-0.25, -0.2) is 4.98 Å². The fourth-order valence-corrected chi connectivity index (χ4v) is 3.73. The van der Waals surface area contributed by atoms with Gasteiger partial charge in [0.05, 0.1) is 5.56 Å². The van der Waals surface area contributed by atoms with Gasteiger partial charge in [0.2, 0.25) is 0 Å². The number of hydrogen-bond acceptors (Lipinski definition) is 4. The second-order valence-corrected chi connectivity index (χ2v) is 7.02. The number of carbonyl (C=O) groups excluding carboxylic acids is 1. The Balaban J connectivity index is 1.48. The molecule has 23 heavy (non-hydrogen) atoms. The van der Waals surface area contributed by atoms with Gasteiger partial charge >= 0.3 is 0 Å². The van der Waals surface area contributed by atoms with Crippen LogP contribution in [-0.2, 0) is 0 Å². The third-order valence-electron chi connectivity index (χ3n) is 5.17. The van der Waals surface area contributed by atoms with Crippen molar-refractivity contribution >= 4 is 11.7 Å². The molecule has 5 heteroatoms. The summed E-state index contributed by atoms with van der Waals surface area (Å²) in [6.07, 6.45) is 9.28. The van der Waals surface area contributed by atoms with Crippen LogP contribution in [0, 0.1) is 0 Å². The van der Waals surface area contributed by atoms with Gasteiger partial charge < -0.3 is 15.1 Å². The van der Waals surface area contributed by atoms with E-state index < -0.39 is 0 Å². The number of piperidine rings is 1. The zero-order valence-electron chi connectivity index (χ0n) is 14.3.